The van der Waals surface area contributed by atoms with Gasteiger partial charge in [-0.3, -0.25) is 9.69 Å². The van der Waals surface area contributed by atoms with Crippen molar-refractivity contribution in [2.24, 2.45) is 0 Å². The average molecular weight is 411 g/mol. The Morgan fingerprint density at radius 3 is 2.50 bits per heavy atom. The molecule has 0 spiro atoms. The molecular weight excluding hydrogens is 380 g/mol. The van der Waals surface area contributed by atoms with Gasteiger partial charge in [-0.15, -0.1) is 0 Å². The van der Waals surface area contributed by atoms with Gasteiger partial charge in [-0.1, -0.05) is 12.1 Å². The molecule has 0 radical (unpaired) electrons. The molecule has 2 fully saturated rings. The number of morpholine rings is 1. The van der Waals surface area contributed by atoms with E-state index >= 15 is 0 Å². The number of amides is 1. The van der Waals surface area contributed by atoms with Crippen molar-refractivity contribution in [3.05, 3.63) is 59.7 Å². The van der Waals surface area contributed by atoms with Gasteiger partial charge in [-0.05, 0) is 61.2 Å². The van der Waals surface area contributed by atoms with E-state index in [9.17, 15) is 4.79 Å². The van der Waals surface area contributed by atoms with Gasteiger partial charge >= 0.3 is 0 Å². The number of nitrogens with zero attached hydrogens (tertiary/aromatic N) is 1. The normalized spacial score (nSPS) is 19.5. The van der Waals surface area contributed by atoms with Gasteiger partial charge in [0.05, 0.1) is 19.3 Å². The highest BCUT2D eigenvalue weighted by atomic mass is 16.5. The fourth-order valence-electron chi connectivity index (χ4n) is 3.74. The summed E-state index contributed by atoms with van der Waals surface area (Å²) < 4.78 is 16.7. The maximum atomic E-state index is 12.5. The summed E-state index contributed by atoms with van der Waals surface area (Å²) in [5.74, 6) is 0.633. The van der Waals surface area contributed by atoms with Crippen molar-refractivity contribution in [2.75, 3.05) is 51.4 Å². The molecule has 4 rings (SSSR count). The molecule has 0 saturated carbocycles. The average Bonchev–Trinajstić information content (AvgIpc) is 3.32. The van der Waals surface area contributed by atoms with E-state index in [1.807, 2.05) is 24.3 Å². The van der Waals surface area contributed by atoms with Gasteiger partial charge in [-0.2, -0.15) is 0 Å². The minimum Gasteiger partial charge on any atom is -0.491 e. The van der Waals surface area contributed by atoms with E-state index in [-0.39, 0.29) is 12.0 Å². The molecule has 0 aromatic heterocycles. The molecule has 160 valence electrons. The second-order valence-electron chi connectivity index (χ2n) is 7.83. The van der Waals surface area contributed by atoms with Crippen LogP contribution >= 0.6 is 0 Å². The van der Waals surface area contributed by atoms with Gasteiger partial charge in [0.25, 0.3) is 5.91 Å². The van der Waals surface area contributed by atoms with Crippen LogP contribution in [0.1, 0.15) is 28.8 Å². The SMILES string of the molecule is O=C(Nc1ccc(CCN2CCOCC2)cc1)c1ccc(OC[C@H]2CCCO2)cc1. The fourth-order valence-corrected chi connectivity index (χ4v) is 3.74. The van der Waals surface area contributed by atoms with Crippen molar-refractivity contribution in [3.63, 3.8) is 0 Å². The number of anilines is 1. The van der Waals surface area contributed by atoms with E-state index in [0.717, 1.165) is 70.2 Å². The standard InChI is InChI=1S/C24H30N2O4/c27-24(20-5-9-22(10-6-20)30-18-23-2-1-15-29-23)25-21-7-3-19(4-8-21)11-12-26-13-16-28-17-14-26/h3-10,23H,1-2,11-18H2,(H,25,27)/t23-/m1/s1. The molecule has 2 aromatic rings. The summed E-state index contributed by atoms with van der Waals surface area (Å²) in [5.41, 5.74) is 2.68. The first kappa shape index (κ1) is 20.8. The number of carbonyl (C=O) groups excluding carboxylic acids is 1. The van der Waals surface area contributed by atoms with Crippen molar-refractivity contribution in [1.29, 1.82) is 0 Å². The van der Waals surface area contributed by atoms with Crippen LogP contribution in [0.2, 0.25) is 0 Å². The maximum absolute atomic E-state index is 12.5. The molecule has 1 amide bonds. The largest absolute Gasteiger partial charge is 0.491 e. The summed E-state index contributed by atoms with van der Waals surface area (Å²) in [7, 11) is 0. The third-order valence-electron chi connectivity index (χ3n) is 5.61. The number of rotatable bonds is 8. The Balaban J connectivity index is 1.23. The van der Waals surface area contributed by atoms with E-state index < -0.39 is 0 Å². The Bertz CT molecular complexity index is 795. The molecule has 2 heterocycles. The summed E-state index contributed by atoms with van der Waals surface area (Å²) in [6, 6.07) is 15.3. The maximum Gasteiger partial charge on any atom is 0.255 e. The molecule has 2 aromatic carbocycles. The summed E-state index contributed by atoms with van der Waals surface area (Å²) in [4.78, 5) is 14.9. The summed E-state index contributed by atoms with van der Waals surface area (Å²) in [6.07, 6.45) is 3.33. The smallest absolute Gasteiger partial charge is 0.255 e. The van der Waals surface area contributed by atoms with Gasteiger partial charge in [-0.25, -0.2) is 0 Å². The van der Waals surface area contributed by atoms with Crippen molar-refractivity contribution in [1.82, 2.24) is 4.90 Å². The molecule has 0 unspecified atom stereocenters. The van der Waals surface area contributed by atoms with E-state index in [1.54, 1.807) is 12.1 Å². The predicted octanol–water partition coefficient (Wildman–Crippen LogP) is 3.37. The number of ether oxygens (including phenoxy) is 3. The van der Waals surface area contributed by atoms with Gasteiger partial charge in [0.1, 0.15) is 12.4 Å². The molecule has 1 atom stereocenters. The van der Waals surface area contributed by atoms with Gasteiger partial charge in [0.2, 0.25) is 0 Å². The van der Waals surface area contributed by atoms with Crippen LogP contribution < -0.4 is 10.1 Å². The molecule has 2 saturated heterocycles. The Morgan fingerprint density at radius 1 is 1.03 bits per heavy atom. The van der Waals surface area contributed by atoms with Crippen molar-refractivity contribution in [2.45, 2.75) is 25.4 Å². The summed E-state index contributed by atoms with van der Waals surface area (Å²) in [5, 5.41) is 2.96. The summed E-state index contributed by atoms with van der Waals surface area (Å²) >= 11 is 0. The van der Waals surface area contributed by atoms with Gasteiger partial charge in [0, 0.05) is 37.5 Å². The molecule has 30 heavy (non-hydrogen) atoms. The van der Waals surface area contributed by atoms with Crippen LogP contribution in [0, 0.1) is 0 Å². The lowest BCUT2D eigenvalue weighted by atomic mass is 10.1. The van der Waals surface area contributed by atoms with Crippen LogP contribution in [0.3, 0.4) is 0 Å². The van der Waals surface area contributed by atoms with Gasteiger partial charge < -0.3 is 19.5 Å². The number of benzene rings is 2. The third-order valence-corrected chi connectivity index (χ3v) is 5.61. The number of hydrogen-bond acceptors (Lipinski definition) is 5. The zero-order valence-electron chi connectivity index (χ0n) is 17.3. The Labute approximate surface area is 178 Å². The van der Waals surface area contributed by atoms with Crippen LogP contribution in [-0.4, -0.2) is 63.0 Å². The zero-order valence-corrected chi connectivity index (χ0v) is 17.3. The van der Waals surface area contributed by atoms with Crippen LogP contribution in [0.4, 0.5) is 5.69 Å². The van der Waals surface area contributed by atoms with Crippen molar-refractivity contribution in [3.8, 4) is 5.75 Å². The fraction of sp³-hybridized carbons (Fsp3) is 0.458. The predicted molar refractivity (Wildman–Crippen MR) is 116 cm³/mol. The Hall–Kier alpha value is -2.41. The Morgan fingerprint density at radius 2 is 1.80 bits per heavy atom. The second kappa shape index (κ2) is 10.6. The zero-order chi connectivity index (χ0) is 20.6. The molecular formula is C24H30N2O4. The third kappa shape index (κ3) is 6.05. The monoisotopic (exact) mass is 410 g/mol. The lowest BCUT2D eigenvalue weighted by Crippen LogP contribution is -2.37. The van der Waals surface area contributed by atoms with E-state index in [0.29, 0.717) is 12.2 Å². The molecule has 6 heteroatoms. The van der Waals surface area contributed by atoms with Crippen molar-refractivity contribution >= 4 is 11.6 Å². The minimum atomic E-state index is -0.123. The Kier molecular flexibility index (Phi) is 7.34. The van der Waals surface area contributed by atoms with Crippen molar-refractivity contribution < 1.29 is 19.0 Å². The molecule has 2 aliphatic heterocycles. The first-order valence-electron chi connectivity index (χ1n) is 10.8. The highest BCUT2D eigenvalue weighted by molar-refractivity contribution is 6.04. The highest BCUT2D eigenvalue weighted by Gasteiger charge is 2.16. The number of nitrogens with one attached hydrogen (secondary N) is 1. The molecule has 0 bridgehead atoms. The summed E-state index contributed by atoms with van der Waals surface area (Å²) in [6.45, 7) is 6.08. The van der Waals surface area contributed by atoms with Crippen LogP contribution in [-0.2, 0) is 15.9 Å². The lowest BCUT2D eigenvalue weighted by Gasteiger charge is -2.26. The molecule has 0 aliphatic carbocycles. The van der Waals surface area contributed by atoms with Gasteiger partial charge in [0.15, 0.2) is 0 Å². The quantitative estimate of drug-likeness (QED) is 0.723. The first-order chi connectivity index (χ1) is 14.8. The molecule has 2 aliphatic rings. The van der Waals surface area contributed by atoms with E-state index in [1.165, 1.54) is 5.56 Å². The van der Waals surface area contributed by atoms with E-state index in [2.05, 4.69) is 22.3 Å². The highest BCUT2D eigenvalue weighted by Crippen LogP contribution is 2.18. The number of carbonyl (C=O) groups is 1. The molecule has 1 N–H and O–H groups in total. The molecule has 6 nitrogen and oxygen atoms in total. The van der Waals surface area contributed by atoms with Crippen LogP contribution in [0.5, 0.6) is 5.75 Å². The number of hydrogen-bond donors (Lipinski definition) is 1. The lowest BCUT2D eigenvalue weighted by molar-refractivity contribution is 0.0384. The van der Waals surface area contributed by atoms with Crippen LogP contribution in [0.25, 0.3) is 0 Å². The second-order valence-corrected chi connectivity index (χ2v) is 7.83. The first-order valence-corrected chi connectivity index (χ1v) is 10.8. The minimum absolute atomic E-state index is 0.123. The topological polar surface area (TPSA) is 60.0 Å². The van der Waals surface area contributed by atoms with Crippen LogP contribution in [0.15, 0.2) is 48.5 Å². The van der Waals surface area contributed by atoms with E-state index in [4.69, 9.17) is 14.2 Å².